The highest BCUT2D eigenvalue weighted by Gasteiger charge is 2.16. The Bertz CT molecular complexity index is 341. The Labute approximate surface area is 103 Å². The summed E-state index contributed by atoms with van der Waals surface area (Å²) < 4.78 is 0. The average molecular weight is 238 g/mol. The Hall–Kier alpha value is -1.36. The predicted molar refractivity (Wildman–Crippen MR) is 70.2 cm³/mol. The first-order valence-corrected chi connectivity index (χ1v) is 5.99. The smallest absolute Gasteiger partial charge is 0.224 e. The van der Waals surface area contributed by atoms with Gasteiger partial charge in [0.25, 0.3) is 0 Å². The molecular weight excluding hydrogens is 216 g/mol. The van der Waals surface area contributed by atoms with E-state index in [4.69, 9.17) is 5.11 Å². The molecule has 0 aliphatic carbocycles. The van der Waals surface area contributed by atoms with Crippen molar-refractivity contribution < 1.29 is 5.11 Å². The molecule has 0 fully saturated rings. The molecule has 96 valence electrons. The fraction of sp³-hybridized carbons (Fsp3) is 0.667. The zero-order valence-electron chi connectivity index (χ0n) is 10.8. The normalized spacial score (nSPS) is 11.3. The monoisotopic (exact) mass is 238 g/mol. The van der Waals surface area contributed by atoms with Crippen LogP contribution in [0.3, 0.4) is 0 Å². The van der Waals surface area contributed by atoms with Gasteiger partial charge in [-0.1, -0.05) is 20.8 Å². The molecule has 3 N–H and O–H groups in total. The van der Waals surface area contributed by atoms with Gasteiger partial charge in [0.2, 0.25) is 5.95 Å². The van der Waals surface area contributed by atoms with Crippen molar-refractivity contribution in [3.05, 3.63) is 12.3 Å². The van der Waals surface area contributed by atoms with Gasteiger partial charge in [-0.3, -0.25) is 0 Å². The lowest BCUT2D eigenvalue weighted by Crippen LogP contribution is -2.27. The number of aromatic nitrogens is 2. The van der Waals surface area contributed by atoms with Crippen molar-refractivity contribution in [1.82, 2.24) is 9.97 Å². The van der Waals surface area contributed by atoms with E-state index < -0.39 is 0 Å². The molecule has 0 saturated carbocycles. The van der Waals surface area contributed by atoms with Gasteiger partial charge < -0.3 is 15.7 Å². The van der Waals surface area contributed by atoms with Crippen LogP contribution in [0, 0.1) is 5.41 Å². The molecule has 0 saturated heterocycles. The molecule has 17 heavy (non-hydrogen) atoms. The molecule has 5 nitrogen and oxygen atoms in total. The number of hydrogen-bond donors (Lipinski definition) is 3. The molecule has 0 aromatic carbocycles. The van der Waals surface area contributed by atoms with Crippen LogP contribution in [0.15, 0.2) is 12.3 Å². The summed E-state index contributed by atoms with van der Waals surface area (Å²) in [6, 6.07) is 1.82. The zero-order valence-corrected chi connectivity index (χ0v) is 10.8. The largest absolute Gasteiger partial charge is 0.396 e. The van der Waals surface area contributed by atoms with Crippen molar-refractivity contribution in [3.8, 4) is 0 Å². The summed E-state index contributed by atoms with van der Waals surface area (Å²) in [6.07, 6.45) is 2.76. The Morgan fingerprint density at radius 3 is 2.76 bits per heavy atom. The Morgan fingerprint density at radius 2 is 2.12 bits per heavy atom. The highest BCUT2D eigenvalue weighted by Crippen LogP contribution is 2.15. The average Bonchev–Trinajstić information content (AvgIpc) is 2.35. The van der Waals surface area contributed by atoms with Crippen molar-refractivity contribution in [2.24, 2.45) is 5.41 Å². The highest BCUT2D eigenvalue weighted by molar-refractivity contribution is 5.39. The quantitative estimate of drug-likeness (QED) is 0.675. The fourth-order valence-electron chi connectivity index (χ4n) is 1.16. The van der Waals surface area contributed by atoms with Crippen LogP contribution in [0.5, 0.6) is 0 Å². The van der Waals surface area contributed by atoms with Crippen LogP contribution in [-0.4, -0.2) is 34.8 Å². The first-order chi connectivity index (χ1) is 8.07. The Kier molecular flexibility index (Phi) is 5.15. The Balaban J connectivity index is 2.53. The molecule has 0 bridgehead atoms. The van der Waals surface area contributed by atoms with Crippen LogP contribution < -0.4 is 10.6 Å². The minimum absolute atomic E-state index is 0.145. The lowest BCUT2D eigenvalue weighted by molar-refractivity contribution is 0.170. The van der Waals surface area contributed by atoms with E-state index in [-0.39, 0.29) is 12.0 Å². The molecule has 1 aromatic heterocycles. The third kappa shape index (κ3) is 4.99. The van der Waals surface area contributed by atoms with E-state index in [1.54, 1.807) is 6.20 Å². The molecule has 0 aliphatic rings. The molecule has 1 aromatic rings. The minimum Gasteiger partial charge on any atom is -0.396 e. The van der Waals surface area contributed by atoms with Crippen molar-refractivity contribution in [1.29, 1.82) is 0 Å². The van der Waals surface area contributed by atoms with E-state index in [2.05, 4.69) is 27.5 Å². The molecule has 0 radical (unpaired) electrons. The van der Waals surface area contributed by atoms with Gasteiger partial charge in [-0.2, -0.15) is 4.98 Å². The minimum atomic E-state index is -0.151. The zero-order chi connectivity index (χ0) is 12.7. The summed E-state index contributed by atoms with van der Waals surface area (Å²) in [6.45, 7) is 7.78. The van der Waals surface area contributed by atoms with Gasteiger partial charge >= 0.3 is 0 Å². The van der Waals surface area contributed by atoms with E-state index in [9.17, 15) is 0 Å². The van der Waals surface area contributed by atoms with Crippen LogP contribution in [0.2, 0.25) is 0 Å². The summed E-state index contributed by atoms with van der Waals surface area (Å²) in [7, 11) is 0. The molecule has 1 rings (SSSR count). The molecule has 1 heterocycles. The van der Waals surface area contributed by atoms with E-state index in [0.717, 1.165) is 18.8 Å². The fourth-order valence-corrected chi connectivity index (χ4v) is 1.16. The number of aliphatic hydroxyl groups excluding tert-OH is 1. The molecule has 0 spiro atoms. The number of rotatable bonds is 7. The second kappa shape index (κ2) is 6.39. The SMILES string of the molecule is CCCNc1nccc(NCC(C)(C)CO)n1. The maximum atomic E-state index is 9.16. The lowest BCUT2D eigenvalue weighted by Gasteiger charge is -2.22. The third-order valence-corrected chi connectivity index (χ3v) is 2.36. The van der Waals surface area contributed by atoms with Crippen LogP contribution >= 0.6 is 0 Å². The van der Waals surface area contributed by atoms with Gasteiger partial charge in [0.15, 0.2) is 0 Å². The number of hydrogen-bond acceptors (Lipinski definition) is 5. The van der Waals surface area contributed by atoms with Gasteiger partial charge in [-0.05, 0) is 12.5 Å². The van der Waals surface area contributed by atoms with Crippen molar-refractivity contribution >= 4 is 11.8 Å². The summed E-state index contributed by atoms with van der Waals surface area (Å²) in [4.78, 5) is 8.46. The van der Waals surface area contributed by atoms with Crippen molar-refractivity contribution in [2.45, 2.75) is 27.2 Å². The first kappa shape index (κ1) is 13.7. The summed E-state index contributed by atoms with van der Waals surface area (Å²) in [5.74, 6) is 1.42. The standard InChI is InChI=1S/C12H22N4O/c1-4-6-13-11-14-7-5-10(16-11)15-8-12(2,3)9-17/h5,7,17H,4,6,8-9H2,1-3H3,(H2,13,14,15,16). The molecule has 5 heteroatoms. The highest BCUT2D eigenvalue weighted by atomic mass is 16.3. The number of nitrogens with zero attached hydrogens (tertiary/aromatic N) is 2. The van der Waals surface area contributed by atoms with Crippen LogP contribution in [0.25, 0.3) is 0 Å². The predicted octanol–water partition coefficient (Wildman–Crippen LogP) is 1.73. The van der Waals surface area contributed by atoms with E-state index in [1.165, 1.54) is 0 Å². The lowest BCUT2D eigenvalue weighted by atomic mass is 9.95. The van der Waals surface area contributed by atoms with Crippen LogP contribution in [0.1, 0.15) is 27.2 Å². The van der Waals surface area contributed by atoms with Crippen LogP contribution in [-0.2, 0) is 0 Å². The van der Waals surface area contributed by atoms with Crippen molar-refractivity contribution in [3.63, 3.8) is 0 Å². The van der Waals surface area contributed by atoms with E-state index >= 15 is 0 Å². The third-order valence-electron chi connectivity index (χ3n) is 2.36. The molecule has 0 aliphatic heterocycles. The maximum Gasteiger partial charge on any atom is 0.224 e. The van der Waals surface area contributed by atoms with Gasteiger partial charge in [-0.25, -0.2) is 4.98 Å². The second-order valence-corrected chi connectivity index (χ2v) is 4.87. The summed E-state index contributed by atoms with van der Waals surface area (Å²) >= 11 is 0. The van der Waals surface area contributed by atoms with Gasteiger partial charge in [0, 0.05) is 31.3 Å². The van der Waals surface area contributed by atoms with E-state index in [1.807, 2.05) is 19.9 Å². The molecule has 0 atom stereocenters. The maximum absolute atomic E-state index is 9.16. The van der Waals surface area contributed by atoms with E-state index in [0.29, 0.717) is 12.5 Å². The van der Waals surface area contributed by atoms with Gasteiger partial charge in [0.05, 0.1) is 0 Å². The topological polar surface area (TPSA) is 70.1 Å². The number of aliphatic hydroxyl groups is 1. The van der Waals surface area contributed by atoms with Crippen molar-refractivity contribution in [2.75, 3.05) is 30.3 Å². The molecule has 0 unspecified atom stereocenters. The molecular formula is C12H22N4O. The number of anilines is 2. The second-order valence-electron chi connectivity index (χ2n) is 4.87. The molecule has 0 amide bonds. The summed E-state index contributed by atoms with van der Waals surface area (Å²) in [5.41, 5.74) is -0.151. The Morgan fingerprint density at radius 1 is 1.35 bits per heavy atom. The van der Waals surface area contributed by atoms with Gasteiger partial charge in [-0.15, -0.1) is 0 Å². The van der Waals surface area contributed by atoms with Crippen LogP contribution in [0.4, 0.5) is 11.8 Å². The first-order valence-electron chi connectivity index (χ1n) is 5.99. The number of nitrogens with one attached hydrogen (secondary N) is 2. The van der Waals surface area contributed by atoms with Gasteiger partial charge in [0.1, 0.15) is 5.82 Å². The summed E-state index contributed by atoms with van der Waals surface area (Å²) in [5, 5.41) is 15.5.